The maximum atomic E-state index is 5.82. The molecule has 0 bridgehead atoms. The summed E-state index contributed by atoms with van der Waals surface area (Å²) >= 11 is -1.77. The Hall–Kier alpha value is -1.87. The van der Waals surface area contributed by atoms with Gasteiger partial charge >= 0.3 is 97.8 Å². The maximum absolute atomic E-state index is 5.82. The van der Waals surface area contributed by atoms with Crippen LogP contribution in [0.2, 0.25) is 0 Å². The SMILES string of the molecule is CC(C)Oc1ccccc1[CH]=[Ru]([Cl])[Cl].Cc1ccccc1N1CCN(c2ccccc2C)C1. The fourth-order valence-electron chi connectivity index (χ4n) is 3.83. The molecule has 6 heteroatoms. The van der Waals surface area contributed by atoms with Crippen LogP contribution in [0.5, 0.6) is 5.75 Å². The van der Waals surface area contributed by atoms with Crippen LogP contribution in [0.25, 0.3) is 0 Å². The van der Waals surface area contributed by atoms with Crippen molar-refractivity contribution >= 4 is 35.4 Å². The van der Waals surface area contributed by atoms with Gasteiger partial charge in [-0.3, -0.25) is 0 Å². The molecule has 0 atom stereocenters. The minimum atomic E-state index is -1.77. The third-order valence-corrected chi connectivity index (χ3v) is 7.20. The summed E-state index contributed by atoms with van der Waals surface area (Å²) in [4.78, 5) is 4.92. The number of anilines is 2. The van der Waals surface area contributed by atoms with E-state index in [4.69, 9.17) is 24.1 Å². The van der Waals surface area contributed by atoms with Crippen LogP contribution in [0, 0.1) is 13.8 Å². The Labute approximate surface area is 211 Å². The van der Waals surface area contributed by atoms with E-state index in [2.05, 4.69) is 72.2 Å². The first-order valence-corrected chi connectivity index (χ1v) is 16.5. The Kier molecular flexibility index (Phi) is 9.80. The smallest absolute Gasteiger partial charge is 0.0904 e. The summed E-state index contributed by atoms with van der Waals surface area (Å²) in [5.74, 6) is 0.850. The molecule has 0 radical (unpaired) electrons. The molecule has 0 saturated carbocycles. The molecule has 178 valence electrons. The molecule has 3 nitrogen and oxygen atoms in total. The molecular formula is C27H32Cl2N2ORu. The first kappa shape index (κ1) is 25.8. The van der Waals surface area contributed by atoms with Gasteiger partial charge in [0.05, 0.1) is 6.67 Å². The zero-order valence-corrected chi connectivity index (χ0v) is 22.9. The molecule has 0 amide bonds. The van der Waals surface area contributed by atoms with Gasteiger partial charge in [-0.25, -0.2) is 0 Å². The number of hydrogen-bond acceptors (Lipinski definition) is 3. The average Bonchev–Trinajstić information content (AvgIpc) is 3.25. The fourth-order valence-corrected chi connectivity index (χ4v) is 5.63. The van der Waals surface area contributed by atoms with E-state index in [1.165, 1.54) is 22.5 Å². The monoisotopic (exact) mass is 572 g/mol. The molecule has 0 N–H and O–H groups in total. The molecule has 3 aromatic rings. The van der Waals surface area contributed by atoms with Crippen LogP contribution in [-0.2, 0) is 13.5 Å². The van der Waals surface area contributed by atoms with Crippen LogP contribution in [0.3, 0.4) is 0 Å². The van der Waals surface area contributed by atoms with Crippen molar-refractivity contribution < 1.29 is 18.3 Å². The summed E-state index contributed by atoms with van der Waals surface area (Å²) in [5, 5.41) is 0. The molecule has 0 spiro atoms. The van der Waals surface area contributed by atoms with Crippen molar-refractivity contribution in [1.29, 1.82) is 0 Å². The Morgan fingerprint density at radius 3 is 1.76 bits per heavy atom. The molecule has 4 rings (SSSR count). The number of halogens is 2. The number of ether oxygens (including phenoxy) is 1. The standard InChI is InChI=1S/C17H20N2.C10H12O.2ClH.Ru/c1-14-7-3-5-9-16(14)18-11-12-19(13-18)17-10-6-4-8-15(17)2;1-8(2)11-10-7-5-4-6-9(10)3;;;/h3-10H,11-13H2,1-2H3;3-8H,1-2H3;2*1H;/q;;;;+2/p-2. The van der Waals surface area contributed by atoms with Crippen LogP contribution in [0.1, 0.15) is 30.5 Å². The van der Waals surface area contributed by atoms with Gasteiger partial charge in [-0.2, -0.15) is 0 Å². The van der Waals surface area contributed by atoms with E-state index in [-0.39, 0.29) is 6.10 Å². The molecule has 3 aromatic carbocycles. The second kappa shape index (κ2) is 12.6. The Morgan fingerprint density at radius 2 is 1.27 bits per heavy atom. The van der Waals surface area contributed by atoms with Gasteiger partial charge in [0, 0.05) is 24.5 Å². The third kappa shape index (κ3) is 7.57. The summed E-state index contributed by atoms with van der Waals surface area (Å²) in [5.41, 5.74) is 6.42. The number of nitrogens with zero attached hydrogens (tertiary/aromatic N) is 2. The predicted octanol–water partition coefficient (Wildman–Crippen LogP) is 7.14. The number of para-hydroxylation sites is 3. The van der Waals surface area contributed by atoms with Gasteiger partial charge in [-0.1, -0.05) is 36.4 Å². The van der Waals surface area contributed by atoms with Crippen molar-refractivity contribution in [1.82, 2.24) is 0 Å². The van der Waals surface area contributed by atoms with Gasteiger partial charge in [0.25, 0.3) is 0 Å². The molecule has 1 aliphatic heterocycles. The fraction of sp³-hybridized carbons (Fsp3) is 0.296. The molecule has 0 unspecified atom stereocenters. The normalized spacial score (nSPS) is 13.5. The van der Waals surface area contributed by atoms with Gasteiger partial charge in [0.15, 0.2) is 0 Å². The molecule has 33 heavy (non-hydrogen) atoms. The minimum Gasteiger partial charge on any atom is -0.352 e. The quantitative estimate of drug-likeness (QED) is 0.303. The molecule has 0 aliphatic carbocycles. The summed E-state index contributed by atoms with van der Waals surface area (Å²) in [6.07, 6.45) is 0.163. The van der Waals surface area contributed by atoms with Crippen LogP contribution in [-0.4, -0.2) is 30.5 Å². The molecule has 1 aliphatic rings. The van der Waals surface area contributed by atoms with E-state index in [1.807, 2.05) is 42.7 Å². The second-order valence-corrected chi connectivity index (χ2v) is 14.0. The van der Waals surface area contributed by atoms with Crippen molar-refractivity contribution in [2.45, 2.75) is 33.8 Å². The van der Waals surface area contributed by atoms with Crippen LogP contribution in [0.15, 0.2) is 72.8 Å². The first-order chi connectivity index (χ1) is 15.8. The van der Waals surface area contributed by atoms with E-state index in [0.29, 0.717) is 0 Å². The van der Waals surface area contributed by atoms with Gasteiger partial charge in [0.1, 0.15) is 0 Å². The predicted molar refractivity (Wildman–Crippen MR) is 141 cm³/mol. The van der Waals surface area contributed by atoms with E-state index in [9.17, 15) is 0 Å². The Morgan fingerprint density at radius 1 is 0.788 bits per heavy atom. The van der Waals surface area contributed by atoms with Crippen molar-refractivity contribution in [2.24, 2.45) is 0 Å². The maximum Gasteiger partial charge on any atom is 0.0904 e. The topological polar surface area (TPSA) is 15.7 Å². The van der Waals surface area contributed by atoms with Crippen molar-refractivity contribution in [3.8, 4) is 5.75 Å². The van der Waals surface area contributed by atoms with Gasteiger partial charge in [-0.15, -0.1) is 0 Å². The number of benzene rings is 3. The zero-order chi connectivity index (χ0) is 23.8. The van der Waals surface area contributed by atoms with E-state index < -0.39 is 13.5 Å². The summed E-state index contributed by atoms with van der Waals surface area (Å²) in [6, 6.07) is 25.0. The van der Waals surface area contributed by atoms with Crippen LogP contribution < -0.4 is 14.5 Å². The first-order valence-electron chi connectivity index (χ1n) is 11.0. The van der Waals surface area contributed by atoms with Crippen LogP contribution in [0.4, 0.5) is 11.4 Å². The molecule has 1 heterocycles. The molecule has 0 aromatic heterocycles. The van der Waals surface area contributed by atoms with E-state index >= 15 is 0 Å². The Bertz CT molecular complexity index is 1030. The molecule has 1 saturated heterocycles. The summed E-state index contributed by atoms with van der Waals surface area (Å²) in [6.45, 7) is 11.5. The van der Waals surface area contributed by atoms with Crippen molar-refractivity contribution in [3.63, 3.8) is 0 Å². The minimum absolute atomic E-state index is 0.163. The summed E-state index contributed by atoms with van der Waals surface area (Å²) < 4.78 is 7.51. The van der Waals surface area contributed by atoms with Crippen LogP contribution >= 0.6 is 19.4 Å². The average molecular weight is 573 g/mol. The third-order valence-electron chi connectivity index (χ3n) is 5.36. The number of hydrogen-bond donors (Lipinski definition) is 0. The van der Waals surface area contributed by atoms with E-state index in [0.717, 1.165) is 31.1 Å². The molecule has 1 fully saturated rings. The Balaban J connectivity index is 0.000000196. The van der Waals surface area contributed by atoms with Crippen molar-refractivity contribution in [3.05, 3.63) is 89.5 Å². The second-order valence-electron chi connectivity index (χ2n) is 8.25. The summed E-state index contributed by atoms with van der Waals surface area (Å²) in [7, 11) is 11.6. The number of aryl methyl sites for hydroxylation is 2. The van der Waals surface area contributed by atoms with Gasteiger partial charge in [-0.05, 0) is 37.1 Å². The van der Waals surface area contributed by atoms with Crippen molar-refractivity contribution in [2.75, 3.05) is 29.6 Å². The largest absolute Gasteiger partial charge is 0.352 e. The van der Waals surface area contributed by atoms with E-state index in [1.54, 1.807) is 0 Å². The van der Waals surface area contributed by atoms with Gasteiger partial charge in [0.2, 0.25) is 0 Å². The molecular weight excluding hydrogens is 540 g/mol. The van der Waals surface area contributed by atoms with Gasteiger partial charge < -0.3 is 9.80 Å². The number of rotatable bonds is 5. The zero-order valence-electron chi connectivity index (χ0n) is 19.6.